The molecule has 1 fully saturated rings. The fraction of sp³-hybridized carbons (Fsp3) is 0.611. The highest BCUT2D eigenvalue weighted by Gasteiger charge is 2.29. The lowest BCUT2D eigenvalue weighted by molar-refractivity contribution is -0.0336. The lowest BCUT2D eigenvalue weighted by Gasteiger charge is -2.37. The van der Waals surface area contributed by atoms with Crippen LogP contribution in [0.25, 0.3) is 0 Å². The van der Waals surface area contributed by atoms with Gasteiger partial charge in [0.05, 0.1) is 25.3 Å². The lowest BCUT2D eigenvalue weighted by atomic mass is 10.0. The summed E-state index contributed by atoms with van der Waals surface area (Å²) in [5.41, 5.74) is 6.26. The molecule has 0 aliphatic carbocycles. The Kier molecular flexibility index (Phi) is 9.05. The van der Waals surface area contributed by atoms with Gasteiger partial charge in [0.15, 0.2) is 5.96 Å². The number of nitrogens with one attached hydrogen (secondary N) is 1. The molecule has 0 amide bonds. The van der Waals surface area contributed by atoms with Crippen LogP contribution >= 0.6 is 35.6 Å². The van der Waals surface area contributed by atoms with Gasteiger partial charge < -0.3 is 15.8 Å². The number of guanidine groups is 1. The molecule has 0 aromatic heterocycles. The second kappa shape index (κ2) is 10.1. The van der Waals surface area contributed by atoms with E-state index in [1.54, 1.807) is 12.1 Å². The Morgan fingerprint density at radius 1 is 1.50 bits per heavy atom. The Labute approximate surface area is 177 Å². The van der Waals surface area contributed by atoms with Crippen molar-refractivity contribution < 1.29 is 9.13 Å². The van der Waals surface area contributed by atoms with Crippen LogP contribution in [-0.4, -0.2) is 48.7 Å². The van der Waals surface area contributed by atoms with E-state index in [4.69, 9.17) is 22.1 Å². The van der Waals surface area contributed by atoms with Gasteiger partial charge in [0.1, 0.15) is 5.82 Å². The average molecular weight is 499 g/mol. The summed E-state index contributed by atoms with van der Waals surface area (Å²) in [5.74, 6) is 0.0143. The van der Waals surface area contributed by atoms with Gasteiger partial charge in [-0.15, -0.1) is 24.0 Å². The van der Waals surface area contributed by atoms with Crippen molar-refractivity contribution in [3.63, 3.8) is 0 Å². The molecule has 3 N–H and O–H groups in total. The monoisotopic (exact) mass is 498 g/mol. The third kappa shape index (κ3) is 6.83. The van der Waals surface area contributed by atoms with Gasteiger partial charge in [-0.05, 0) is 39.8 Å². The molecule has 5 nitrogen and oxygen atoms in total. The smallest absolute Gasteiger partial charge is 0.189 e. The van der Waals surface area contributed by atoms with E-state index in [0.29, 0.717) is 42.8 Å². The highest BCUT2D eigenvalue weighted by atomic mass is 127. The largest absolute Gasteiger partial charge is 0.376 e. The fourth-order valence-electron chi connectivity index (χ4n) is 2.96. The first-order chi connectivity index (χ1) is 11.7. The van der Waals surface area contributed by atoms with Crippen LogP contribution in [0, 0.1) is 5.82 Å². The third-order valence-electron chi connectivity index (χ3n) is 3.98. The van der Waals surface area contributed by atoms with Crippen molar-refractivity contribution in [1.29, 1.82) is 0 Å². The molecular weight excluding hydrogens is 470 g/mol. The van der Waals surface area contributed by atoms with E-state index in [0.717, 1.165) is 0 Å². The third-order valence-corrected chi connectivity index (χ3v) is 4.31. The normalized spacial score (nSPS) is 20.4. The first-order valence-electron chi connectivity index (χ1n) is 8.55. The van der Waals surface area contributed by atoms with Gasteiger partial charge in [-0.25, -0.2) is 4.39 Å². The quantitative estimate of drug-likeness (QED) is 0.379. The van der Waals surface area contributed by atoms with Crippen LogP contribution in [0.2, 0.25) is 5.02 Å². The van der Waals surface area contributed by atoms with Crippen molar-refractivity contribution >= 4 is 41.5 Å². The molecule has 1 aromatic carbocycles. The predicted molar refractivity (Wildman–Crippen MR) is 116 cm³/mol. The van der Waals surface area contributed by atoms with Gasteiger partial charge in [-0.1, -0.05) is 17.7 Å². The molecule has 2 atom stereocenters. The second-order valence-electron chi connectivity index (χ2n) is 7.43. The zero-order chi connectivity index (χ0) is 18.6. The minimum absolute atomic E-state index is 0. The number of benzene rings is 1. The van der Waals surface area contributed by atoms with Gasteiger partial charge in [0, 0.05) is 29.2 Å². The molecule has 2 unspecified atom stereocenters. The van der Waals surface area contributed by atoms with Crippen molar-refractivity contribution in [1.82, 2.24) is 10.2 Å². The standard InChI is InChI=1S/C18H28ClFN4O.HI/c1-12-11-24(8-9-25-12)15(10-22-17(21)23-18(2,3)4)16-13(19)6-5-7-14(16)20;/h5-7,12,15H,8-11H2,1-4H3,(H3,21,22,23);1H. The Balaban J connectivity index is 0.00000338. The summed E-state index contributed by atoms with van der Waals surface area (Å²) in [6, 6.07) is 4.45. The molecular formula is C18H29ClFIN4O. The van der Waals surface area contributed by atoms with Gasteiger partial charge in [0.2, 0.25) is 0 Å². The topological polar surface area (TPSA) is 62.9 Å². The number of morpholine rings is 1. The first kappa shape index (κ1) is 23.4. The summed E-state index contributed by atoms with van der Waals surface area (Å²) in [4.78, 5) is 6.60. The van der Waals surface area contributed by atoms with Crippen molar-refractivity contribution in [2.75, 3.05) is 26.2 Å². The zero-order valence-corrected chi connectivity index (χ0v) is 18.8. The van der Waals surface area contributed by atoms with E-state index in [2.05, 4.69) is 15.2 Å². The number of rotatable bonds is 4. The lowest BCUT2D eigenvalue weighted by Crippen LogP contribution is -2.46. The number of aliphatic imine (C=N–C) groups is 1. The van der Waals surface area contributed by atoms with Crippen LogP contribution < -0.4 is 11.1 Å². The minimum atomic E-state index is -0.325. The van der Waals surface area contributed by atoms with Crippen LogP contribution in [0.4, 0.5) is 4.39 Å². The Bertz CT molecular complexity index is 603. The molecule has 1 aliphatic rings. The second-order valence-corrected chi connectivity index (χ2v) is 7.84. The maximum absolute atomic E-state index is 14.5. The molecule has 0 bridgehead atoms. The van der Waals surface area contributed by atoms with E-state index in [9.17, 15) is 4.39 Å². The van der Waals surface area contributed by atoms with Crippen LogP contribution in [0.5, 0.6) is 0 Å². The number of hydrogen-bond donors (Lipinski definition) is 2. The predicted octanol–water partition coefficient (Wildman–Crippen LogP) is 3.56. The molecule has 1 aromatic rings. The first-order valence-corrected chi connectivity index (χ1v) is 8.93. The highest BCUT2D eigenvalue weighted by Crippen LogP contribution is 2.31. The summed E-state index contributed by atoms with van der Waals surface area (Å²) in [5, 5.41) is 3.53. The average Bonchev–Trinajstić information content (AvgIpc) is 2.48. The van der Waals surface area contributed by atoms with E-state index in [-0.39, 0.29) is 47.5 Å². The molecule has 1 aliphatic heterocycles. The van der Waals surface area contributed by atoms with Gasteiger partial charge in [0.25, 0.3) is 0 Å². The SMILES string of the molecule is CC1CN(C(CN=C(N)NC(C)(C)C)c2c(F)cccc2Cl)CCO1.I. The number of nitrogens with zero attached hydrogens (tertiary/aromatic N) is 2. The highest BCUT2D eigenvalue weighted by molar-refractivity contribution is 14.0. The Morgan fingerprint density at radius 3 is 2.77 bits per heavy atom. The van der Waals surface area contributed by atoms with E-state index < -0.39 is 0 Å². The fourth-order valence-corrected chi connectivity index (χ4v) is 3.24. The van der Waals surface area contributed by atoms with Crippen LogP contribution in [0.3, 0.4) is 0 Å². The molecule has 0 spiro atoms. The van der Waals surface area contributed by atoms with Crippen molar-refractivity contribution in [3.05, 3.63) is 34.6 Å². The zero-order valence-electron chi connectivity index (χ0n) is 15.8. The summed E-state index contributed by atoms with van der Waals surface area (Å²) < 4.78 is 20.1. The summed E-state index contributed by atoms with van der Waals surface area (Å²) >= 11 is 6.31. The number of nitrogens with two attached hydrogens (primary N) is 1. The van der Waals surface area contributed by atoms with Crippen molar-refractivity contribution in [2.45, 2.75) is 45.4 Å². The van der Waals surface area contributed by atoms with Gasteiger partial charge >= 0.3 is 0 Å². The van der Waals surface area contributed by atoms with Gasteiger partial charge in [-0.3, -0.25) is 9.89 Å². The molecule has 1 saturated heterocycles. The van der Waals surface area contributed by atoms with Crippen LogP contribution in [0.15, 0.2) is 23.2 Å². The number of hydrogen-bond acceptors (Lipinski definition) is 3. The van der Waals surface area contributed by atoms with Crippen molar-refractivity contribution in [3.8, 4) is 0 Å². The molecule has 0 radical (unpaired) electrons. The van der Waals surface area contributed by atoms with E-state index in [1.807, 2.05) is 27.7 Å². The Morgan fingerprint density at radius 2 is 2.19 bits per heavy atom. The number of ether oxygens (including phenoxy) is 1. The van der Waals surface area contributed by atoms with E-state index in [1.165, 1.54) is 6.07 Å². The maximum atomic E-state index is 14.5. The molecule has 0 saturated carbocycles. The molecule has 148 valence electrons. The Hall–Kier alpha value is -0.640. The summed E-state index contributed by atoms with van der Waals surface area (Å²) in [7, 11) is 0. The number of halogens is 3. The van der Waals surface area contributed by atoms with Crippen LogP contribution in [-0.2, 0) is 4.74 Å². The minimum Gasteiger partial charge on any atom is -0.376 e. The molecule has 1 heterocycles. The molecule has 26 heavy (non-hydrogen) atoms. The van der Waals surface area contributed by atoms with E-state index >= 15 is 0 Å². The molecule has 2 rings (SSSR count). The van der Waals surface area contributed by atoms with Gasteiger partial charge in [-0.2, -0.15) is 0 Å². The van der Waals surface area contributed by atoms with Crippen molar-refractivity contribution in [2.24, 2.45) is 10.7 Å². The summed E-state index contributed by atoms with van der Waals surface area (Å²) in [6.45, 7) is 10.3. The molecule has 8 heteroatoms. The summed E-state index contributed by atoms with van der Waals surface area (Å²) in [6.07, 6.45) is 0.0795. The maximum Gasteiger partial charge on any atom is 0.189 e. The van der Waals surface area contributed by atoms with Crippen LogP contribution in [0.1, 0.15) is 39.3 Å².